The van der Waals surface area contributed by atoms with Gasteiger partial charge in [-0.15, -0.1) is 11.8 Å². The Balaban J connectivity index is 1.76. The molecular weight excluding hydrogens is 301 g/mol. The normalized spacial score (nSPS) is 24.3. The van der Waals surface area contributed by atoms with Crippen LogP contribution >= 0.6 is 11.8 Å². The highest BCUT2D eigenvalue weighted by Crippen LogP contribution is 2.44. The van der Waals surface area contributed by atoms with Crippen LogP contribution in [0.15, 0.2) is 35.4 Å². The molecule has 0 amide bonds. The van der Waals surface area contributed by atoms with E-state index in [2.05, 4.69) is 0 Å². The summed E-state index contributed by atoms with van der Waals surface area (Å²) in [5.74, 6) is -0.852. The molecule has 5 heteroatoms. The zero-order chi connectivity index (χ0) is 15.7. The molecule has 0 radical (unpaired) electrons. The molecule has 0 aromatic heterocycles. The molecule has 0 bridgehead atoms. The van der Waals surface area contributed by atoms with E-state index in [-0.39, 0.29) is 23.4 Å². The number of rotatable bonds is 4. The van der Waals surface area contributed by atoms with E-state index in [0.29, 0.717) is 16.4 Å². The summed E-state index contributed by atoms with van der Waals surface area (Å²) in [6.07, 6.45) is 4.05. The van der Waals surface area contributed by atoms with Gasteiger partial charge in [0.15, 0.2) is 11.6 Å². The number of benzene rings is 1. The van der Waals surface area contributed by atoms with Gasteiger partial charge >= 0.3 is 0 Å². The van der Waals surface area contributed by atoms with Gasteiger partial charge < -0.3 is 5.73 Å². The number of thioether (sulfide) groups is 1. The molecule has 2 unspecified atom stereocenters. The van der Waals surface area contributed by atoms with Gasteiger partial charge in [-0.2, -0.15) is 0 Å². The monoisotopic (exact) mass is 319 g/mol. The second-order valence-corrected chi connectivity index (χ2v) is 7.11. The number of fused-ring (bicyclic) bond motifs is 1. The molecule has 0 spiro atoms. The highest BCUT2D eigenvalue weighted by molar-refractivity contribution is 8.01. The van der Waals surface area contributed by atoms with Crippen LogP contribution in [-0.4, -0.2) is 22.2 Å². The lowest BCUT2D eigenvalue weighted by molar-refractivity contribution is -0.114. The van der Waals surface area contributed by atoms with Crippen LogP contribution in [-0.2, 0) is 4.79 Å². The minimum atomic E-state index is -0.396. The van der Waals surface area contributed by atoms with Crippen molar-refractivity contribution in [1.29, 1.82) is 0 Å². The van der Waals surface area contributed by atoms with Crippen LogP contribution in [0.1, 0.15) is 42.5 Å². The van der Waals surface area contributed by atoms with E-state index in [1.807, 2.05) is 0 Å². The molecule has 0 saturated heterocycles. The summed E-state index contributed by atoms with van der Waals surface area (Å²) < 4.78 is 12.9. The Kier molecular flexibility index (Phi) is 4.45. The first kappa shape index (κ1) is 15.4. The van der Waals surface area contributed by atoms with E-state index >= 15 is 0 Å². The molecule has 1 aliphatic carbocycles. The quantitative estimate of drug-likeness (QED) is 0.684. The molecule has 1 aromatic carbocycles. The maximum absolute atomic E-state index is 12.9. The van der Waals surface area contributed by atoms with Gasteiger partial charge in [-0.25, -0.2) is 4.39 Å². The van der Waals surface area contributed by atoms with Crippen molar-refractivity contribution in [2.75, 3.05) is 0 Å². The number of hydrogen-bond acceptors (Lipinski definition) is 4. The van der Waals surface area contributed by atoms with Gasteiger partial charge in [-0.05, 0) is 49.1 Å². The van der Waals surface area contributed by atoms with Crippen molar-refractivity contribution < 1.29 is 14.0 Å². The smallest absolute Gasteiger partial charge is 0.170 e. The molecule has 1 heterocycles. The lowest BCUT2D eigenvalue weighted by Crippen LogP contribution is -2.23. The maximum atomic E-state index is 12.9. The minimum Gasteiger partial charge on any atom is -0.316 e. The lowest BCUT2D eigenvalue weighted by atomic mass is 9.88. The molecule has 22 heavy (non-hydrogen) atoms. The fourth-order valence-corrected chi connectivity index (χ4v) is 4.67. The van der Waals surface area contributed by atoms with E-state index in [4.69, 9.17) is 5.73 Å². The van der Waals surface area contributed by atoms with Crippen molar-refractivity contribution in [3.8, 4) is 0 Å². The van der Waals surface area contributed by atoms with Gasteiger partial charge in [-0.1, -0.05) is 6.42 Å². The third kappa shape index (κ3) is 3.01. The summed E-state index contributed by atoms with van der Waals surface area (Å²) in [5.41, 5.74) is 8.27. The van der Waals surface area contributed by atoms with E-state index in [1.54, 1.807) is 11.8 Å². The Morgan fingerprint density at radius 1 is 1.18 bits per heavy atom. The van der Waals surface area contributed by atoms with Crippen molar-refractivity contribution in [2.24, 2.45) is 5.73 Å². The van der Waals surface area contributed by atoms with E-state index in [1.165, 1.54) is 30.7 Å². The van der Waals surface area contributed by atoms with Crippen molar-refractivity contribution in [3.05, 3.63) is 46.8 Å². The fraction of sp³-hybridized carbons (Fsp3) is 0.412. The molecule has 1 fully saturated rings. The molecule has 2 aliphatic rings. The Morgan fingerprint density at radius 3 is 2.64 bits per heavy atom. The Labute approximate surface area is 133 Å². The van der Waals surface area contributed by atoms with Crippen LogP contribution in [0.25, 0.3) is 0 Å². The summed E-state index contributed by atoms with van der Waals surface area (Å²) in [7, 11) is 0. The van der Waals surface area contributed by atoms with Gasteiger partial charge in [-0.3, -0.25) is 9.59 Å². The molecule has 116 valence electrons. The van der Waals surface area contributed by atoms with Crippen molar-refractivity contribution in [3.63, 3.8) is 0 Å². The average Bonchev–Trinajstić information content (AvgIpc) is 2.83. The van der Waals surface area contributed by atoms with Crippen LogP contribution in [0.5, 0.6) is 0 Å². The maximum Gasteiger partial charge on any atom is 0.170 e. The third-order valence-electron chi connectivity index (χ3n) is 4.28. The SMILES string of the molecule is NC1SC2CCCCC2=C1C(=O)CC(=O)c1ccc(F)cc1. The summed E-state index contributed by atoms with van der Waals surface area (Å²) in [6, 6.07) is 5.28. The highest BCUT2D eigenvalue weighted by Gasteiger charge is 2.37. The van der Waals surface area contributed by atoms with Crippen LogP contribution < -0.4 is 5.73 Å². The number of carbonyl (C=O) groups excluding carboxylic acids is 2. The third-order valence-corrected chi connectivity index (χ3v) is 5.66. The summed E-state index contributed by atoms with van der Waals surface area (Å²) in [5, 5.41) is 0.0373. The molecule has 1 aromatic rings. The number of halogens is 1. The molecule has 1 saturated carbocycles. The number of carbonyl (C=O) groups is 2. The summed E-state index contributed by atoms with van der Waals surface area (Å²) in [4.78, 5) is 24.7. The van der Waals surface area contributed by atoms with Gasteiger partial charge in [0, 0.05) is 16.4 Å². The molecule has 2 N–H and O–H groups in total. The Bertz CT molecular complexity index is 639. The Hall–Kier alpha value is -1.46. The molecule has 2 atom stereocenters. The second-order valence-electron chi connectivity index (χ2n) is 5.76. The molecule has 1 aliphatic heterocycles. The largest absolute Gasteiger partial charge is 0.316 e. The number of ketones is 2. The predicted octanol–water partition coefficient (Wildman–Crippen LogP) is 3.24. The van der Waals surface area contributed by atoms with E-state index < -0.39 is 5.82 Å². The topological polar surface area (TPSA) is 60.2 Å². The molecular formula is C17H18FNO2S. The zero-order valence-electron chi connectivity index (χ0n) is 12.2. The first-order chi connectivity index (χ1) is 10.6. The first-order valence-electron chi connectivity index (χ1n) is 7.52. The number of nitrogens with two attached hydrogens (primary N) is 1. The number of hydrogen-bond donors (Lipinski definition) is 1. The standard InChI is InChI=1S/C17H18FNO2S/c18-11-7-5-10(6-8-11)13(20)9-14(21)16-12-3-1-2-4-15(12)22-17(16)19/h5-8,15,17H,1-4,9,19H2. The number of Topliss-reactive ketones (excluding diaryl/α,β-unsaturated/α-hetero) is 2. The highest BCUT2D eigenvalue weighted by atomic mass is 32.2. The van der Waals surface area contributed by atoms with Crippen molar-refractivity contribution in [2.45, 2.75) is 42.7 Å². The van der Waals surface area contributed by atoms with Crippen molar-refractivity contribution in [1.82, 2.24) is 0 Å². The lowest BCUT2D eigenvalue weighted by Gasteiger charge is -2.19. The molecule has 3 rings (SSSR count). The van der Waals surface area contributed by atoms with Crippen LogP contribution in [0, 0.1) is 5.82 Å². The van der Waals surface area contributed by atoms with Crippen molar-refractivity contribution >= 4 is 23.3 Å². The fourth-order valence-electron chi connectivity index (χ4n) is 3.18. The van der Waals surface area contributed by atoms with Gasteiger partial charge in [0.1, 0.15) is 5.82 Å². The first-order valence-corrected chi connectivity index (χ1v) is 8.46. The average molecular weight is 319 g/mol. The summed E-state index contributed by atoms with van der Waals surface area (Å²) in [6.45, 7) is 0. The molecule has 3 nitrogen and oxygen atoms in total. The summed E-state index contributed by atoms with van der Waals surface area (Å²) >= 11 is 1.63. The minimum absolute atomic E-state index is 0.172. The van der Waals surface area contributed by atoms with Crippen LogP contribution in [0.4, 0.5) is 4.39 Å². The van der Waals surface area contributed by atoms with Gasteiger partial charge in [0.05, 0.1) is 11.8 Å². The predicted molar refractivity (Wildman–Crippen MR) is 85.2 cm³/mol. The van der Waals surface area contributed by atoms with E-state index in [0.717, 1.165) is 24.8 Å². The second kappa shape index (κ2) is 6.34. The van der Waals surface area contributed by atoms with Crippen LogP contribution in [0.2, 0.25) is 0 Å². The zero-order valence-corrected chi connectivity index (χ0v) is 13.0. The van der Waals surface area contributed by atoms with E-state index in [9.17, 15) is 14.0 Å². The van der Waals surface area contributed by atoms with Crippen LogP contribution in [0.3, 0.4) is 0 Å². The van der Waals surface area contributed by atoms with Gasteiger partial charge in [0.2, 0.25) is 0 Å². The van der Waals surface area contributed by atoms with Gasteiger partial charge in [0.25, 0.3) is 0 Å². The Morgan fingerprint density at radius 2 is 1.91 bits per heavy atom.